The summed E-state index contributed by atoms with van der Waals surface area (Å²) in [6, 6.07) is 9.41. The predicted octanol–water partition coefficient (Wildman–Crippen LogP) is 3.07. The van der Waals surface area contributed by atoms with Crippen molar-refractivity contribution in [3.8, 4) is 0 Å². The predicted molar refractivity (Wildman–Crippen MR) is 85.6 cm³/mol. The molecule has 1 aliphatic rings. The highest BCUT2D eigenvalue weighted by molar-refractivity contribution is 5.83. The lowest BCUT2D eigenvalue weighted by atomic mass is 9.72. The van der Waals surface area contributed by atoms with Crippen molar-refractivity contribution in [3.63, 3.8) is 0 Å². The van der Waals surface area contributed by atoms with E-state index in [0.29, 0.717) is 25.9 Å². The zero-order valence-electron chi connectivity index (χ0n) is 13.4. The van der Waals surface area contributed by atoms with Gasteiger partial charge in [0, 0.05) is 19.0 Å². The Hall–Kier alpha value is -1.84. The van der Waals surface area contributed by atoms with E-state index in [0.717, 1.165) is 18.4 Å². The van der Waals surface area contributed by atoms with E-state index < -0.39 is 11.4 Å². The number of carboxylic acid groups (broad SMARTS) is 1. The van der Waals surface area contributed by atoms with E-state index in [4.69, 9.17) is 0 Å². The molecule has 0 atom stereocenters. The van der Waals surface area contributed by atoms with Crippen molar-refractivity contribution >= 4 is 11.9 Å². The molecule has 1 aliphatic heterocycles. The molecule has 0 saturated carbocycles. The number of benzene rings is 1. The Kier molecular flexibility index (Phi) is 5.22. The van der Waals surface area contributed by atoms with Crippen molar-refractivity contribution in [1.29, 1.82) is 0 Å². The summed E-state index contributed by atoms with van der Waals surface area (Å²) in [7, 11) is 0. The van der Waals surface area contributed by atoms with Gasteiger partial charge in [-0.05, 0) is 31.2 Å². The molecular weight excluding hydrogens is 278 g/mol. The summed E-state index contributed by atoms with van der Waals surface area (Å²) in [5.41, 5.74) is -0.0106. The van der Waals surface area contributed by atoms with Gasteiger partial charge < -0.3 is 10.0 Å². The fourth-order valence-electron chi connectivity index (χ4n) is 3.39. The minimum atomic E-state index is -0.855. The van der Waals surface area contributed by atoms with Gasteiger partial charge in [-0.1, -0.05) is 44.2 Å². The van der Waals surface area contributed by atoms with Crippen LogP contribution in [-0.2, 0) is 15.0 Å². The van der Waals surface area contributed by atoms with Gasteiger partial charge >= 0.3 is 5.97 Å². The van der Waals surface area contributed by atoms with E-state index in [1.165, 1.54) is 0 Å². The van der Waals surface area contributed by atoms with E-state index in [9.17, 15) is 14.7 Å². The van der Waals surface area contributed by atoms with E-state index in [2.05, 4.69) is 0 Å². The number of hydrogen-bond donors (Lipinski definition) is 1. The molecule has 1 saturated heterocycles. The van der Waals surface area contributed by atoms with Crippen LogP contribution < -0.4 is 0 Å². The lowest BCUT2D eigenvalue weighted by molar-refractivity contribution is -0.149. The van der Waals surface area contributed by atoms with Gasteiger partial charge in [-0.25, -0.2) is 0 Å². The number of rotatable bonds is 5. The second kappa shape index (κ2) is 6.95. The summed E-state index contributed by atoms with van der Waals surface area (Å²) in [5.74, 6) is -0.542. The van der Waals surface area contributed by atoms with E-state index in [-0.39, 0.29) is 11.8 Å². The van der Waals surface area contributed by atoms with Crippen LogP contribution in [0.15, 0.2) is 30.3 Å². The number of piperidine rings is 1. The lowest BCUT2D eigenvalue weighted by Gasteiger charge is -2.40. The first kappa shape index (κ1) is 16.5. The third-order valence-corrected chi connectivity index (χ3v) is 5.00. The molecule has 1 heterocycles. The Morgan fingerprint density at radius 2 is 1.68 bits per heavy atom. The van der Waals surface area contributed by atoms with Crippen LogP contribution in [0.25, 0.3) is 0 Å². The molecule has 2 rings (SSSR count). The molecule has 4 heteroatoms. The molecule has 1 aromatic rings. The van der Waals surface area contributed by atoms with Crippen LogP contribution in [0.1, 0.15) is 45.1 Å². The highest BCUT2D eigenvalue weighted by Crippen LogP contribution is 2.36. The van der Waals surface area contributed by atoms with E-state index in [1.54, 1.807) is 0 Å². The molecule has 1 fully saturated rings. The number of aliphatic carboxylic acids is 1. The highest BCUT2D eigenvalue weighted by Gasteiger charge is 2.44. The van der Waals surface area contributed by atoms with Gasteiger partial charge in [-0.3, -0.25) is 9.59 Å². The molecule has 4 nitrogen and oxygen atoms in total. The molecule has 0 radical (unpaired) electrons. The van der Waals surface area contributed by atoms with E-state index >= 15 is 0 Å². The van der Waals surface area contributed by atoms with Crippen LogP contribution in [0.4, 0.5) is 0 Å². The molecular formula is C18H25NO3. The maximum atomic E-state index is 12.5. The van der Waals surface area contributed by atoms with Gasteiger partial charge in [0.1, 0.15) is 0 Å². The summed E-state index contributed by atoms with van der Waals surface area (Å²) in [6.45, 7) is 5.11. The fraction of sp³-hybridized carbons (Fsp3) is 0.556. The molecule has 0 unspecified atom stereocenters. The van der Waals surface area contributed by atoms with Crippen molar-refractivity contribution in [1.82, 2.24) is 4.90 Å². The minimum Gasteiger partial charge on any atom is -0.481 e. The number of carbonyl (C=O) groups excluding carboxylic acids is 1. The number of nitrogens with zero attached hydrogens (tertiary/aromatic N) is 1. The van der Waals surface area contributed by atoms with Crippen molar-refractivity contribution in [2.24, 2.45) is 5.92 Å². The maximum Gasteiger partial charge on any atom is 0.314 e. The maximum absolute atomic E-state index is 12.5. The third kappa shape index (κ3) is 3.01. The van der Waals surface area contributed by atoms with Crippen molar-refractivity contribution in [2.45, 2.75) is 44.9 Å². The van der Waals surface area contributed by atoms with Gasteiger partial charge in [0.25, 0.3) is 0 Å². The SMILES string of the molecule is CCC(CC)C(=O)N1CCC(C(=O)O)(c2ccccc2)CC1. The first-order valence-corrected chi connectivity index (χ1v) is 8.13. The molecule has 1 amide bonds. The molecule has 1 N–H and O–H groups in total. The Bertz CT molecular complexity index is 514. The smallest absolute Gasteiger partial charge is 0.314 e. The lowest BCUT2D eigenvalue weighted by Crippen LogP contribution is -2.50. The van der Waals surface area contributed by atoms with Crippen LogP contribution in [0, 0.1) is 5.92 Å². The number of likely N-dealkylation sites (tertiary alicyclic amines) is 1. The van der Waals surface area contributed by atoms with Crippen LogP contribution >= 0.6 is 0 Å². The van der Waals surface area contributed by atoms with Gasteiger partial charge in [0.15, 0.2) is 0 Å². The monoisotopic (exact) mass is 303 g/mol. The zero-order chi connectivity index (χ0) is 16.2. The summed E-state index contributed by atoms with van der Waals surface area (Å²) < 4.78 is 0. The second-order valence-electron chi connectivity index (χ2n) is 6.09. The number of carboxylic acids is 1. The van der Waals surface area contributed by atoms with Gasteiger partial charge in [-0.15, -0.1) is 0 Å². The van der Waals surface area contributed by atoms with Gasteiger partial charge in [-0.2, -0.15) is 0 Å². The summed E-state index contributed by atoms with van der Waals surface area (Å²) >= 11 is 0. The Labute approximate surface area is 132 Å². The zero-order valence-corrected chi connectivity index (χ0v) is 13.4. The van der Waals surface area contributed by atoms with Gasteiger partial charge in [0.05, 0.1) is 5.41 Å². The van der Waals surface area contributed by atoms with Crippen molar-refractivity contribution < 1.29 is 14.7 Å². The highest BCUT2D eigenvalue weighted by atomic mass is 16.4. The largest absolute Gasteiger partial charge is 0.481 e. The molecule has 0 bridgehead atoms. The molecule has 0 aliphatic carbocycles. The molecule has 0 spiro atoms. The second-order valence-corrected chi connectivity index (χ2v) is 6.09. The van der Waals surface area contributed by atoms with Crippen LogP contribution in [-0.4, -0.2) is 35.0 Å². The van der Waals surface area contributed by atoms with Crippen LogP contribution in [0.5, 0.6) is 0 Å². The van der Waals surface area contributed by atoms with Crippen molar-refractivity contribution in [2.75, 3.05) is 13.1 Å². The summed E-state index contributed by atoms with van der Waals surface area (Å²) in [5, 5.41) is 9.77. The van der Waals surface area contributed by atoms with E-state index in [1.807, 2.05) is 49.1 Å². The Morgan fingerprint density at radius 1 is 1.14 bits per heavy atom. The topological polar surface area (TPSA) is 57.6 Å². The standard InChI is InChI=1S/C18H25NO3/c1-3-14(4-2)16(20)19-12-10-18(11-13-19,17(21)22)15-8-6-5-7-9-15/h5-9,14H,3-4,10-13H2,1-2H3,(H,21,22). The van der Waals surface area contributed by atoms with Crippen LogP contribution in [0.3, 0.4) is 0 Å². The summed E-state index contributed by atoms with van der Waals surface area (Å²) in [6.07, 6.45) is 2.65. The fourth-order valence-corrected chi connectivity index (χ4v) is 3.39. The number of amides is 1. The normalized spacial score (nSPS) is 17.5. The average Bonchev–Trinajstić information content (AvgIpc) is 2.56. The molecule has 0 aromatic heterocycles. The first-order valence-electron chi connectivity index (χ1n) is 8.13. The first-order chi connectivity index (χ1) is 10.5. The molecule has 1 aromatic carbocycles. The third-order valence-electron chi connectivity index (χ3n) is 5.00. The average molecular weight is 303 g/mol. The van der Waals surface area contributed by atoms with Crippen molar-refractivity contribution in [3.05, 3.63) is 35.9 Å². The number of hydrogen-bond acceptors (Lipinski definition) is 2. The Morgan fingerprint density at radius 3 is 2.14 bits per heavy atom. The van der Waals surface area contributed by atoms with Gasteiger partial charge in [0.2, 0.25) is 5.91 Å². The minimum absolute atomic E-state index is 0.0639. The Balaban J connectivity index is 2.15. The van der Waals surface area contributed by atoms with Crippen LogP contribution in [0.2, 0.25) is 0 Å². The summed E-state index contributed by atoms with van der Waals surface area (Å²) in [4.78, 5) is 26.2. The molecule has 22 heavy (non-hydrogen) atoms. The molecule has 120 valence electrons. The number of carbonyl (C=O) groups is 2. The quantitative estimate of drug-likeness (QED) is 0.909.